The Balaban J connectivity index is 2.07. The van der Waals surface area contributed by atoms with E-state index in [2.05, 4.69) is 23.6 Å². The number of fused-ring (bicyclic) bond motifs is 1. The molecule has 0 amide bonds. The molecular weight excluding hydrogens is 130 g/mol. The van der Waals surface area contributed by atoms with Gasteiger partial charge in [0, 0.05) is 11.8 Å². The molecule has 2 heteroatoms. The van der Waals surface area contributed by atoms with Crippen molar-refractivity contribution in [2.45, 2.75) is 31.2 Å². The molecule has 0 aromatic carbocycles. The average molecular weight is 143 g/mol. The van der Waals surface area contributed by atoms with Crippen molar-refractivity contribution in [1.29, 1.82) is 0 Å². The van der Waals surface area contributed by atoms with E-state index < -0.39 is 0 Å². The van der Waals surface area contributed by atoms with Crippen molar-refractivity contribution < 1.29 is 0 Å². The second-order valence-electron chi connectivity index (χ2n) is 2.97. The van der Waals surface area contributed by atoms with Gasteiger partial charge in [-0.3, -0.25) is 4.90 Å². The number of nitrogens with zero attached hydrogens (tertiary/aromatic N) is 1. The van der Waals surface area contributed by atoms with Crippen LogP contribution in [-0.4, -0.2) is 28.6 Å². The summed E-state index contributed by atoms with van der Waals surface area (Å²) in [5.41, 5.74) is 0. The highest BCUT2D eigenvalue weighted by Crippen LogP contribution is 2.34. The van der Waals surface area contributed by atoms with Crippen LogP contribution in [0.5, 0.6) is 0 Å². The predicted molar refractivity (Wildman–Crippen MR) is 41.6 cm³/mol. The molecule has 0 saturated carbocycles. The van der Waals surface area contributed by atoms with Crippen molar-refractivity contribution in [2.75, 3.05) is 12.3 Å². The summed E-state index contributed by atoms with van der Waals surface area (Å²) in [5.74, 6) is 1.39. The minimum absolute atomic E-state index is 0.817. The quantitative estimate of drug-likeness (QED) is 0.506. The van der Waals surface area contributed by atoms with Gasteiger partial charge in [0.1, 0.15) is 0 Å². The summed E-state index contributed by atoms with van der Waals surface area (Å²) in [4.78, 5) is 2.64. The Morgan fingerprint density at radius 3 is 3.22 bits per heavy atom. The zero-order chi connectivity index (χ0) is 6.27. The van der Waals surface area contributed by atoms with Crippen LogP contribution in [0.1, 0.15) is 19.8 Å². The van der Waals surface area contributed by atoms with Crippen molar-refractivity contribution in [3.8, 4) is 0 Å². The first-order valence-electron chi connectivity index (χ1n) is 3.75. The minimum atomic E-state index is 0.817. The molecule has 2 fully saturated rings. The lowest BCUT2D eigenvalue weighted by molar-refractivity contribution is 0.284. The van der Waals surface area contributed by atoms with Crippen LogP contribution >= 0.6 is 11.8 Å². The van der Waals surface area contributed by atoms with Crippen LogP contribution in [0.25, 0.3) is 0 Å². The number of thioether (sulfide) groups is 1. The third-order valence-corrected chi connectivity index (χ3v) is 3.75. The Kier molecular flexibility index (Phi) is 1.46. The van der Waals surface area contributed by atoms with E-state index in [1.807, 2.05) is 0 Å². The van der Waals surface area contributed by atoms with Crippen LogP contribution in [-0.2, 0) is 0 Å². The van der Waals surface area contributed by atoms with E-state index in [9.17, 15) is 0 Å². The van der Waals surface area contributed by atoms with Gasteiger partial charge in [-0.15, -0.1) is 11.8 Å². The molecule has 2 aliphatic heterocycles. The fourth-order valence-electron chi connectivity index (χ4n) is 1.86. The van der Waals surface area contributed by atoms with E-state index in [-0.39, 0.29) is 0 Å². The molecule has 2 aliphatic rings. The number of hydrogen-bond donors (Lipinski definition) is 0. The van der Waals surface area contributed by atoms with Crippen LogP contribution in [0, 0.1) is 0 Å². The first-order chi connectivity index (χ1) is 4.38. The SMILES string of the molecule is C[C@H]1SC[C@@H]2CCCN21. The van der Waals surface area contributed by atoms with Gasteiger partial charge in [-0.25, -0.2) is 0 Å². The van der Waals surface area contributed by atoms with Gasteiger partial charge >= 0.3 is 0 Å². The fraction of sp³-hybridized carbons (Fsp3) is 1.00. The topological polar surface area (TPSA) is 3.24 Å². The van der Waals surface area contributed by atoms with E-state index >= 15 is 0 Å². The Morgan fingerprint density at radius 2 is 2.44 bits per heavy atom. The van der Waals surface area contributed by atoms with Crippen molar-refractivity contribution >= 4 is 11.8 Å². The molecule has 0 unspecified atom stereocenters. The zero-order valence-corrected chi connectivity index (χ0v) is 6.66. The third-order valence-electron chi connectivity index (χ3n) is 2.42. The Bertz CT molecular complexity index is 115. The summed E-state index contributed by atoms with van der Waals surface area (Å²) < 4.78 is 0. The lowest BCUT2D eigenvalue weighted by Crippen LogP contribution is -2.28. The molecular formula is C7H13NS. The zero-order valence-electron chi connectivity index (χ0n) is 5.84. The molecule has 2 rings (SSSR count). The molecule has 52 valence electrons. The molecule has 9 heavy (non-hydrogen) atoms. The van der Waals surface area contributed by atoms with E-state index in [1.54, 1.807) is 0 Å². The summed E-state index contributed by atoms with van der Waals surface area (Å²) >= 11 is 2.12. The lowest BCUT2D eigenvalue weighted by atomic mass is 10.2. The van der Waals surface area contributed by atoms with E-state index in [0.717, 1.165) is 11.4 Å². The van der Waals surface area contributed by atoms with Crippen molar-refractivity contribution in [3.63, 3.8) is 0 Å². The van der Waals surface area contributed by atoms with Crippen LogP contribution in [0.15, 0.2) is 0 Å². The molecule has 0 aliphatic carbocycles. The minimum Gasteiger partial charge on any atom is -0.288 e. The first kappa shape index (κ1) is 6.05. The summed E-state index contributed by atoms with van der Waals surface area (Å²) in [5, 5.41) is 0.817. The number of hydrogen-bond acceptors (Lipinski definition) is 2. The molecule has 2 atom stereocenters. The first-order valence-corrected chi connectivity index (χ1v) is 4.80. The smallest absolute Gasteiger partial charge is 0.0532 e. The second-order valence-corrected chi connectivity index (χ2v) is 4.32. The maximum Gasteiger partial charge on any atom is 0.0532 e. The molecule has 2 heterocycles. The van der Waals surface area contributed by atoms with Crippen LogP contribution in [0.2, 0.25) is 0 Å². The summed E-state index contributed by atoms with van der Waals surface area (Å²) in [6.45, 7) is 3.69. The maximum absolute atomic E-state index is 2.64. The van der Waals surface area contributed by atoms with Crippen LogP contribution < -0.4 is 0 Å². The highest BCUT2D eigenvalue weighted by Gasteiger charge is 2.34. The van der Waals surface area contributed by atoms with Gasteiger partial charge in [0.2, 0.25) is 0 Å². The summed E-state index contributed by atoms with van der Waals surface area (Å²) in [6.07, 6.45) is 2.90. The van der Waals surface area contributed by atoms with Crippen molar-refractivity contribution in [3.05, 3.63) is 0 Å². The molecule has 0 aromatic rings. The van der Waals surface area contributed by atoms with Gasteiger partial charge in [-0.1, -0.05) is 0 Å². The van der Waals surface area contributed by atoms with Crippen LogP contribution in [0.4, 0.5) is 0 Å². The van der Waals surface area contributed by atoms with Gasteiger partial charge in [0.25, 0.3) is 0 Å². The standard InChI is InChI=1S/C7H13NS/c1-6-8-4-2-3-7(8)5-9-6/h6-7H,2-5H2,1H3/t6-,7+/m1/s1. The molecule has 0 spiro atoms. The molecule has 0 aromatic heterocycles. The van der Waals surface area contributed by atoms with E-state index in [0.29, 0.717) is 0 Å². The fourth-order valence-corrected chi connectivity index (χ4v) is 3.19. The van der Waals surface area contributed by atoms with Gasteiger partial charge in [0.05, 0.1) is 5.37 Å². The Labute approximate surface area is 60.8 Å². The highest BCUT2D eigenvalue weighted by molar-refractivity contribution is 8.00. The summed E-state index contributed by atoms with van der Waals surface area (Å²) in [7, 11) is 0. The lowest BCUT2D eigenvalue weighted by Gasteiger charge is -2.17. The molecule has 0 N–H and O–H groups in total. The average Bonchev–Trinajstić information content (AvgIpc) is 2.35. The normalized spacial score (nSPS) is 43.7. The molecule has 2 saturated heterocycles. The predicted octanol–water partition coefficient (Wildman–Crippen LogP) is 1.54. The third kappa shape index (κ3) is 0.887. The maximum atomic E-state index is 2.64. The molecule has 0 bridgehead atoms. The van der Waals surface area contributed by atoms with Gasteiger partial charge in [-0.2, -0.15) is 0 Å². The van der Waals surface area contributed by atoms with Crippen LogP contribution in [0.3, 0.4) is 0 Å². The largest absolute Gasteiger partial charge is 0.288 e. The number of rotatable bonds is 0. The Hall–Kier alpha value is 0.310. The highest BCUT2D eigenvalue weighted by atomic mass is 32.2. The van der Waals surface area contributed by atoms with Gasteiger partial charge in [-0.05, 0) is 26.3 Å². The molecule has 0 radical (unpaired) electrons. The monoisotopic (exact) mass is 143 g/mol. The van der Waals surface area contributed by atoms with Crippen molar-refractivity contribution in [2.24, 2.45) is 0 Å². The van der Waals surface area contributed by atoms with Gasteiger partial charge < -0.3 is 0 Å². The molecule has 1 nitrogen and oxygen atoms in total. The van der Waals surface area contributed by atoms with E-state index in [1.165, 1.54) is 25.1 Å². The Morgan fingerprint density at radius 1 is 1.56 bits per heavy atom. The summed E-state index contributed by atoms with van der Waals surface area (Å²) in [6, 6.07) is 0.949. The van der Waals surface area contributed by atoms with Gasteiger partial charge in [0.15, 0.2) is 0 Å². The second kappa shape index (κ2) is 2.17. The van der Waals surface area contributed by atoms with Crippen molar-refractivity contribution in [1.82, 2.24) is 4.90 Å². The van der Waals surface area contributed by atoms with E-state index in [4.69, 9.17) is 0 Å².